The molecule has 0 saturated carbocycles. The molecule has 0 aromatic rings. The molecule has 10 heteroatoms. The molecular formula is C53H88NO8P. The van der Waals surface area contributed by atoms with Crippen molar-refractivity contribution in [2.24, 2.45) is 5.73 Å². The van der Waals surface area contributed by atoms with E-state index in [0.29, 0.717) is 12.8 Å². The maximum absolute atomic E-state index is 12.6. The summed E-state index contributed by atoms with van der Waals surface area (Å²) in [5, 5.41) is 0. The van der Waals surface area contributed by atoms with Crippen LogP contribution in [-0.2, 0) is 32.7 Å². The van der Waals surface area contributed by atoms with Crippen LogP contribution in [0, 0.1) is 0 Å². The van der Waals surface area contributed by atoms with Crippen molar-refractivity contribution in [1.82, 2.24) is 0 Å². The van der Waals surface area contributed by atoms with E-state index in [0.717, 1.165) is 77.0 Å². The molecule has 0 heterocycles. The highest BCUT2D eigenvalue weighted by Crippen LogP contribution is 2.43. The smallest absolute Gasteiger partial charge is 0.462 e. The minimum Gasteiger partial charge on any atom is -0.462 e. The lowest BCUT2D eigenvalue weighted by molar-refractivity contribution is -0.161. The molecule has 9 nitrogen and oxygen atoms in total. The molecule has 2 unspecified atom stereocenters. The predicted molar refractivity (Wildman–Crippen MR) is 265 cm³/mol. The van der Waals surface area contributed by atoms with Gasteiger partial charge in [-0.25, -0.2) is 4.57 Å². The van der Waals surface area contributed by atoms with Gasteiger partial charge in [-0.3, -0.25) is 18.6 Å². The monoisotopic (exact) mass is 898 g/mol. The Kier molecular flexibility index (Phi) is 45.6. The van der Waals surface area contributed by atoms with E-state index >= 15 is 0 Å². The van der Waals surface area contributed by atoms with Crippen molar-refractivity contribution in [2.75, 3.05) is 26.4 Å². The van der Waals surface area contributed by atoms with Crippen LogP contribution in [0.4, 0.5) is 0 Å². The number of phosphoric acid groups is 1. The molecule has 0 spiro atoms. The van der Waals surface area contributed by atoms with Gasteiger partial charge in [-0.1, -0.05) is 187 Å². The molecule has 0 aromatic carbocycles. The Morgan fingerprint density at radius 2 is 0.905 bits per heavy atom. The minimum atomic E-state index is -4.41. The van der Waals surface area contributed by atoms with Crippen LogP contribution in [0.25, 0.3) is 0 Å². The number of ether oxygens (including phenoxy) is 2. The molecule has 0 radical (unpaired) electrons. The first-order chi connectivity index (χ1) is 30.8. The summed E-state index contributed by atoms with van der Waals surface area (Å²) in [4.78, 5) is 35.0. The number of nitrogens with two attached hydrogens (primary N) is 1. The van der Waals surface area contributed by atoms with E-state index in [2.05, 4.69) is 111 Å². The Morgan fingerprint density at radius 1 is 0.492 bits per heavy atom. The van der Waals surface area contributed by atoms with Crippen LogP contribution in [0.2, 0.25) is 0 Å². The molecule has 0 rings (SSSR count). The molecule has 0 saturated heterocycles. The highest BCUT2D eigenvalue weighted by atomic mass is 31.2. The summed E-state index contributed by atoms with van der Waals surface area (Å²) < 4.78 is 32.8. The van der Waals surface area contributed by atoms with Gasteiger partial charge in [-0.2, -0.15) is 0 Å². The lowest BCUT2D eigenvalue weighted by atomic mass is 10.1. The van der Waals surface area contributed by atoms with Gasteiger partial charge >= 0.3 is 19.8 Å². The second-order valence-corrected chi connectivity index (χ2v) is 17.0. The standard InChI is InChI=1S/C53H88NO8P/c1-3-5-7-9-11-13-15-17-19-21-23-24-25-26-28-29-31-33-35-37-39-41-43-45-52(55)59-49-51(50-61-63(57,58)60-48-47-54)62-53(56)46-44-42-40-38-36-34-32-30-27-22-20-18-16-14-12-10-8-6-4-2/h6,8,12,14-15,17-18,20-21,23,25-27,30,34,36,40,42,51H,3-5,7,9-11,13,16,19,22,24,28-29,31-33,35,37-39,41,43-50,54H2,1-2H3,(H,57,58)/b8-6-,14-12-,17-15-,20-18-,23-21-,26-25-,30-27-,36-34-,42-40-. The maximum Gasteiger partial charge on any atom is 0.472 e. The van der Waals surface area contributed by atoms with Crippen molar-refractivity contribution in [3.63, 3.8) is 0 Å². The number of rotatable bonds is 44. The molecule has 0 aliphatic rings. The Bertz CT molecular complexity index is 1390. The fraction of sp³-hybridized carbons (Fsp3) is 0.623. The summed E-state index contributed by atoms with van der Waals surface area (Å²) >= 11 is 0. The number of esters is 2. The number of allylic oxidation sites excluding steroid dienone is 18. The summed E-state index contributed by atoms with van der Waals surface area (Å²) in [5.74, 6) is -0.943. The average Bonchev–Trinajstić information content (AvgIpc) is 3.27. The molecule has 63 heavy (non-hydrogen) atoms. The fourth-order valence-corrected chi connectivity index (χ4v) is 6.84. The van der Waals surface area contributed by atoms with Crippen LogP contribution in [0.1, 0.15) is 181 Å². The first-order valence-corrected chi connectivity index (χ1v) is 25.9. The SMILES string of the molecule is CC/C=C\C/C=C\C/C=C\C/C=C\C/C=C\C/C=C\CCC(=O)OC(COC(=O)CCCCCCCCCC/C=C\C/C=C\C/C=C\CCCCCCC)COP(=O)(O)OCCN. The van der Waals surface area contributed by atoms with Gasteiger partial charge < -0.3 is 20.1 Å². The Hall–Kier alpha value is -3.33. The molecule has 0 aliphatic heterocycles. The normalized spacial score (nSPS) is 14.2. The van der Waals surface area contributed by atoms with Gasteiger partial charge in [0.1, 0.15) is 6.61 Å². The third-order valence-corrected chi connectivity index (χ3v) is 10.6. The van der Waals surface area contributed by atoms with Crippen molar-refractivity contribution in [3.05, 3.63) is 109 Å². The summed E-state index contributed by atoms with van der Waals surface area (Å²) in [7, 11) is -4.41. The third-order valence-electron chi connectivity index (χ3n) is 9.66. The van der Waals surface area contributed by atoms with Gasteiger partial charge in [0.25, 0.3) is 0 Å². The highest BCUT2D eigenvalue weighted by molar-refractivity contribution is 7.47. The van der Waals surface area contributed by atoms with Crippen LogP contribution in [-0.4, -0.2) is 49.3 Å². The Balaban J connectivity index is 4.22. The van der Waals surface area contributed by atoms with E-state index in [1.54, 1.807) is 0 Å². The van der Waals surface area contributed by atoms with Crippen LogP contribution in [0.3, 0.4) is 0 Å². The molecule has 358 valence electrons. The van der Waals surface area contributed by atoms with E-state index in [4.69, 9.17) is 24.3 Å². The van der Waals surface area contributed by atoms with Gasteiger partial charge in [0.2, 0.25) is 0 Å². The van der Waals surface area contributed by atoms with Gasteiger partial charge in [0, 0.05) is 19.4 Å². The van der Waals surface area contributed by atoms with Crippen LogP contribution >= 0.6 is 7.82 Å². The maximum atomic E-state index is 12.6. The van der Waals surface area contributed by atoms with Crippen molar-refractivity contribution < 1.29 is 37.6 Å². The second-order valence-electron chi connectivity index (χ2n) is 15.6. The zero-order valence-corrected chi connectivity index (χ0v) is 40.4. The quantitative estimate of drug-likeness (QED) is 0.0265. The van der Waals surface area contributed by atoms with Crippen LogP contribution in [0.15, 0.2) is 109 Å². The topological polar surface area (TPSA) is 134 Å². The number of phosphoric ester groups is 1. The van der Waals surface area contributed by atoms with E-state index in [-0.39, 0.29) is 32.6 Å². The summed E-state index contributed by atoms with van der Waals surface area (Å²) in [5.41, 5.74) is 5.35. The van der Waals surface area contributed by atoms with Crippen molar-refractivity contribution >= 4 is 19.8 Å². The number of carbonyl (C=O) groups excluding carboxylic acids is 2. The Labute approximate surface area is 384 Å². The zero-order chi connectivity index (χ0) is 46.0. The molecule has 3 N–H and O–H groups in total. The largest absolute Gasteiger partial charge is 0.472 e. The lowest BCUT2D eigenvalue weighted by Crippen LogP contribution is -2.29. The molecule has 0 bridgehead atoms. The average molecular weight is 898 g/mol. The summed E-state index contributed by atoms with van der Waals surface area (Å²) in [6.07, 6.45) is 64.2. The van der Waals surface area contributed by atoms with Crippen molar-refractivity contribution in [1.29, 1.82) is 0 Å². The molecule has 0 amide bonds. The first kappa shape index (κ1) is 59.7. The van der Waals surface area contributed by atoms with E-state index < -0.39 is 32.5 Å². The fourth-order valence-electron chi connectivity index (χ4n) is 6.08. The minimum absolute atomic E-state index is 0.0346. The molecule has 2 atom stereocenters. The van der Waals surface area contributed by atoms with Gasteiger partial charge in [0.15, 0.2) is 6.10 Å². The van der Waals surface area contributed by atoms with Crippen LogP contribution in [0.5, 0.6) is 0 Å². The van der Waals surface area contributed by atoms with E-state index in [1.807, 2.05) is 12.2 Å². The first-order valence-electron chi connectivity index (χ1n) is 24.4. The highest BCUT2D eigenvalue weighted by Gasteiger charge is 2.25. The number of unbranched alkanes of at least 4 members (excludes halogenated alkanes) is 13. The predicted octanol–water partition coefficient (Wildman–Crippen LogP) is 14.7. The zero-order valence-electron chi connectivity index (χ0n) is 39.5. The molecule has 0 fully saturated rings. The third kappa shape index (κ3) is 48.0. The van der Waals surface area contributed by atoms with Gasteiger partial charge in [0.05, 0.1) is 13.2 Å². The second kappa shape index (κ2) is 48.1. The summed E-state index contributed by atoms with van der Waals surface area (Å²) in [6.45, 7) is 3.50. The van der Waals surface area contributed by atoms with Crippen LogP contribution < -0.4 is 5.73 Å². The summed E-state index contributed by atoms with van der Waals surface area (Å²) in [6, 6.07) is 0. The van der Waals surface area contributed by atoms with E-state index in [1.165, 1.54) is 64.2 Å². The lowest BCUT2D eigenvalue weighted by Gasteiger charge is -2.19. The molecule has 0 aliphatic carbocycles. The number of hydrogen-bond donors (Lipinski definition) is 2. The van der Waals surface area contributed by atoms with E-state index in [9.17, 15) is 19.0 Å². The Morgan fingerprint density at radius 3 is 1.37 bits per heavy atom. The number of carbonyl (C=O) groups is 2. The molecule has 0 aromatic heterocycles. The van der Waals surface area contributed by atoms with Crippen molar-refractivity contribution in [2.45, 2.75) is 187 Å². The van der Waals surface area contributed by atoms with Gasteiger partial charge in [-0.15, -0.1) is 0 Å². The van der Waals surface area contributed by atoms with Crippen molar-refractivity contribution in [3.8, 4) is 0 Å². The molecular weight excluding hydrogens is 810 g/mol. The number of hydrogen-bond acceptors (Lipinski definition) is 8. The van der Waals surface area contributed by atoms with Gasteiger partial charge in [-0.05, 0) is 89.9 Å².